The van der Waals surface area contributed by atoms with Gasteiger partial charge in [0.15, 0.2) is 0 Å². The summed E-state index contributed by atoms with van der Waals surface area (Å²) in [5.74, 6) is 1.25. The molecule has 0 amide bonds. The van der Waals surface area contributed by atoms with Gasteiger partial charge in [-0.25, -0.2) is 0 Å². The van der Waals surface area contributed by atoms with E-state index < -0.39 is 0 Å². The fourth-order valence-corrected chi connectivity index (χ4v) is 1.21. The van der Waals surface area contributed by atoms with E-state index in [9.17, 15) is 0 Å². The van der Waals surface area contributed by atoms with E-state index >= 15 is 0 Å². The lowest BCUT2D eigenvalue weighted by molar-refractivity contribution is 0.311. The molecule has 5 heteroatoms. The van der Waals surface area contributed by atoms with Gasteiger partial charge in [-0.15, -0.1) is 0 Å². The van der Waals surface area contributed by atoms with Crippen molar-refractivity contribution in [1.82, 2.24) is 10.1 Å². The summed E-state index contributed by atoms with van der Waals surface area (Å²) in [6.45, 7) is 10.4. The summed E-state index contributed by atoms with van der Waals surface area (Å²) in [4.78, 5) is 6.40. The minimum absolute atomic E-state index is 0.252. The Morgan fingerprint density at radius 1 is 1.33 bits per heavy atom. The largest absolute Gasteiger partial charge is 0.339 e. The van der Waals surface area contributed by atoms with Crippen molar-refractivity contribution in [3.05, 3.63) is 5.89 Å². The molecule has 15 heavy (non-hydrogen) atoms. The van der Waals surface area contributed by atoms with Crippen LogP contribution in [0, 0.1) is 0 Å². The van der Waals surface area contributed by atoms with Crippen LogP contribution in [0.4, 0.5) is 5.95 Å². The molecule has 0 saturated carbocycles. The first-order valence-corrected chi connectivity index (χ1v) is 5.34. The predicted molar refractivity (Wildman–Crippen MR) is 59.9 cm³/mol. The molecule has 0 spiro atoms. The summed E-state index contributed by atoms with van der Waals surface area (Å²) >= 11 is 0. The van der Waals surface area contributed by atoms with Crippen molar-refractivity contribution < 1.29 is 4.52 Å². The maximum absolute atomic E-state index is 5.65. The van der Waals surface area contributed by atoms with Crippen LogP contribution in [0.5, 0.6) is 0 Å². The molecule has 1 aromatic rings. The van der Waals surface area contributed by atoms with E-state index in [1.807, 2.05) is 18.7 Å². The number of anilines is 1. The minimum atomic E-state index is -0.252. The third kappa shape index (κ3) is 2.47. The van der Waals surface area contributed by atoms with Crippen LogP contribution in [0.2, 0.25) is 0 Å². The molecule has 0 radical (unpaired) electrons. The van der Waals surface area contributed by atoms with Crippen LogP contribution in [0.3, 0.4) is 0 Å². The second kappa shape index (κ2) is 4.61. The Hall–Kier alpha value is -1.10. The summed E-state index contributed by atoms with van der Waals surface area (Å²) in [6.07, 6.45) is 0. The summed E-state index contributed by atoms with van der Waals surface area (Å²) < 4.78 is 5.22. The van der Waals surface area contributed by atoms with Crippen molar-refractivity contribution in [2.45, 2.75) is 33.1 Å². The lowest BCUT2D eigenvalue weighted by Crippen LogP contribution is -2.29. The Balaban J connectivity index is 2.89. The Morgan fingerprint density at radius 2 is 1.93 bits per heavy atom. The van der Waals surface area contributed by atoms with Gasteiger partial charge in [0.2, 0.25) is 5.89 Å². The molecular weight excluding hydrogens is 192 g/mol. The first-order chi connectivity index (χ1) is 7.05. The van der Waals surface area contributed by atoms with Gasteiger partial charge in [0.25, 0.3) is 5.95 Å². The van der Waals surface area contributed by atoms with Crippen molar-refractivity contribution in [3.63, 3.8) is 0 Å². The van der Waals surface area contributed by atoms with E-state index in [2.05, 4.69) is 24.0 Å². The third-order valence-electron chi connectivity index (χ3n) is 2.55. The highest BCUT2D eigenvalue weighted by Crippen LogP contribution is 2.21. The molecule has 0 aliphatic heterocycles. The number of aromatic nitrogens is 2. The normalized spacial score (nSPS) is 11.8. The Kier molecular flexibility index (Phi) is 3.68. The average Bonchev–Trinajstić information content (AvgIpc) is 2.70. The van der Waals surface area contributed by atoms with Crippen molar-refractivity contribution in [3.8, 4) is 0 Å². The SMILES string of the molecule is CCN(CC)c1noc(C(C)(C)CN)n1. The Bertz CT molecular complexity index is 304. The van der Waals surface area contributed by atoms with E-state index in [0.29, 0.717) is 18.4 Å². The second-order valence-electron chi connectivity index (χ2n) is 4.16. The Morgan fingerprint density at radius 3 is 2.40 bits per heavy atom. The van der Waals surface area contributed by atoms with E-state index in [1.165, 1.54) is 0 Å². The fourth-order valence-electron chi connectivity index (χ4n) is 1.21. The zero-order valence-electron chi connectivity index (χ0n) is 9.95. The molecule has 0 bridgehead atoms. The van der Waals surface area contributed by atoms with Crippen LogP contribution in [0.1, 0.15) is 33.6 Å². The number of nitrogens with two attached hydrogens (primary N) is 1. The lowest BCUT2D eigenvalue weighted by Gasteiger charge is -2.17. The van der Waals surface area contributed by atoms with Gasteiger partial charge in [-0.2, -0.15) is 4.98 Å². The lowest BCUT2D eigenvalue weighted by atomic mass is 9.94. The molecule has 0 aromatic carbocycles. The van der Waals surface area contributed by atoms with Crippen LogP contribution in [-0.2, 0) is 5.41 Å². The smallest absolute Gasteiger partial charge is 0.266 e. The van der Waals surface area contributed by atoms with E-state index in [-0.39, 0.29) is 5.41 Å². The predicted octanol–water partition coefficient (Wildman–Crippen LogP) is 1.15. The van der Waals surface area contributed by atoms with Crippen molar-refractivity contribution in [1.29, 1.82) is 0 Å². The first-order valence-electron chi connectivity index (χ1n) is 5.34. The first kappa shape index (κ1) is 12.0. The van der Waals surface area contributed by atoms with Crippen LogP contribution in [0.15, 0.2) is 4.52 Å². The highest BCUT2D eigenvalue weighted by molar-refractivity contribution is 5.27. The number of rotatable bonds is 5. The van der Waals surface area contributed by atoms with Gasteiger partial charge in [0.05, 0.1) is 5.41 Å². The van der Waals surface area contributed by atoms with Crippen LogP contribution >= 0.6 is 0 Å². The summed E-state index contributed by atoms with van der Waals surface area (Å²) in [7, 11) is 0. The highest BCUT2D eigenvalue weighted by atomic mass is 16.5. The quantitative estimate of drug-likeness (QED) is 0.793. The van der Waals surface area contributed by atoms with Crippen LogP contribution in [0.25, 0.3) is 0 Å². The molecule has 0 fully saturated rings. The van der Waals surface area contributed by atoms with Gasteiger partial charge in [-0.05, 0) is 32.9 Å². The standard InChI is InChI=1S/C10H20N4O/c1-5-14(6-2)9-12-8(15-13-9)10(3,4)7-11/h5-7,11H2,1-4H3. The number of hydrogen-bond acceptors (Lipinski definition) is 5. The highest BCUT2D eigenvalue weighted by Gasteiger charge is 2.26. The summed E-state index contributed by atoms with van der Waals surface area (Å²) in [5.41, 5.74) is 5.40. The van der Waals surface area contributed by atoms with Crippen molar-refractivity contribution >= 4 is 5.95 Å². The van der Waals surface area contributed by atoms with Crippen molar-refractivity contribution in [2.75, 3.05) is 24.5 Å². The van der Waals surface area contributed by atoms with Gasteiger partial charge in [-0.1, -0.05) is 0 Å². The topological polar surface area (TPSA) is 68.2 Å². The average molecular weight is 212 g/mol. The third-order valence-corrected chi connectivity index (χ3v) is 2.55. The van der Waals surface area contributed by atoms with Gasteiger partial charge >= 0.3 is 0 Å². The molecule has 0 saturated heterocycles. The van der Waals surface area contributed by atoms with E-state index in [0.717, 1.165) is 13.1 Å². The summed E-state index contributed by atoms with van der Waals surface area (Å²) in [6, 6.07) is 0. The molecule has 0 atom stereocenters. The molecular formula is C10H20N4O. The number of hydrogen-bond donors (Lipinski definition) is 1. The van der Waals surface area contributed by atoms with Crippen LogP contribution < -0.4 is 10.6 Å². The monoisotopic (exact) mass is 212 g/mol. The molecule has 2 N–H and O–H groups in total. The molecule has 86 valence electrons. The number of nitrogens with zero attached hydrogens (tertiary/aromatic N) is 3. The molecule has 0 unspecified atom stereocenters. The van der Waals surface area contributed by atoms with Gasteiger partial charge in [0, 0.05) is 19.6 Å². The maximum Gasteiger partial charge on any atom is 0.266 e. The molecule has 0 aliphatic carbocycles. The summed E-state index contributed by atoms with van der Waals surface area (Å²) in [5, 5.41) is 3.96. The van der Waals surface area contributed by atoms with E-state index in [4.69, 9.17) is 10.3 Å². The maximum atomic E-state index is 5.65. The Labute approximate surface area is 90.6 Å². The van der Waals surface area contributed by atoms with Gasteiger partial charge < -0.3 is 15.2 Å². The van der Waals surface area contributed by atoms with Crippen molar-refractivity contribution in [2.24, 2.45) is 5.73 Å². The zero-order chi connectivity index (χ0) is 11.5. The second-order valence-corrected chi connectivity index (χ2v) is 4.16. The fraction of sp³-hybridized carbons (Fsp3) is 0.800. The molecule has 1 aromatic heterocycles. The molecule has 1 heterocycles. The van der Waals surface area contributed by atoms with Gasteiger partial charge in [0.1, 0.15) is 0 Å². The van der Waals surface area contributed by atoms with E-state index in [1.54, 1.807) is 0 Å². The minimum Gasteiger partial charge on any atom is -0.339 e. The zero-order valence-corrected chi connectivity index (χ0v) is 9.95. The van der Waals surface area contributed by atoms with Gasteiger partial charge in [-0.3, -0.25) is 0 Å². The molecule has 0 aliphatic rings. The molecule has 1 rings (SSSR count). The van der Waals surface area contributed by atoms with Crippen LogP contribution in [-0.4, -0.2) is 29.8 Å². The molecule has 5 nitrogen and oxygen atoms in total.